The van der Waals surface area contributed by atoms with Crippen LogP contribution in [0.2, 0.25) is 0 Å². The summed E-state index contributed by atoms with van der Waals surface area (Å²) in [6.45, 7) is 4.50. The van der Waals surface area contributed by atoms with Crippen LogP contribution < -0.4 is 5.73 Å². The van der Waals surface area contributed by atoms with E-state index in [4.69, 9.17) is 5.73 Å². The Kier molecular flexibility index (Phi) is 6.95. The van der Waals surface area contributed by atoms with Gasteiger partial charge in [0.1, 0.15) is 0 Å². The molecule has 0 radical (unpaired) electrons. The Bertz CT molecular complexity index is 217. The van der Waals surface area contributed by atoms with Crippen LogP contribution in [0.4, 0.5) is 0 Å². The van der Waals surface area contributed by atoms with Crippen molar-refractivity contribution in [1.82, 2.24) is 9.80 Å². The van der Waals surface area contributed by atoms with Gasteiger partial charge in [0.25, 0.3) is 0 Å². The summed E-state index contributed by atoms with van der Waals surface area (Å²) in [4.78, 5) is 16.1. The minimum Gasteiger partial charge on any atom is -0.342 e. The summed E-state index contributed by atoms with van der Waals surface area (Å²) in [5, 5.41) is 0. The van der Waals surface area contributed by atoms with E-state index < -0.39 is 0 Å². The van der Waals surface area contributed by atoms with Gasteiger partial charge in [0, 0.05) is 25.6 Å². The Hall–Kier alpha value is -0.320. The van der Waals surface area contributed by atoms with E-state index in [1.54, 1.807) is 0 Å². The Morgan fingerprint density at radius 2 is 2.00 bits per heavy atom. The molecule has 0 saturated carbocycles. The first kappa shape index (κ1) is 15.7. The molecule has 2 N–H and O–H groups in total. The number of hydrogen-bond donors (Lipinski definition) is 1. The number of rotatable bonds is 3. The highest BCUT2D eigenvalue weighted by Gasteiger charge is 2.25. The van der Waals surface area contributed by atoms with E-state index in [0.29, 0.717) is 12.6 Å². The van der Waals surface area contributed by atoms with E-state index in [2.05, 4.69) is 11.9 Å². The van der Waals surface area contributed by atoms with Crippen LogP contribution >= 0.6 is 12.4 Å². The summed E-state index contributed by atoms with van der Waals surface area (Å²) in [6.07, 6.45) is 2.16. The molecule has 1 rings (SSSR count). The summed E-state index contributed by atoms with van der Waals surface area (Å²) >= 11 is 0. The molecule has 96 valence electrons. The number of halogens is 1. The molecule has 1 amide bonds. The van der Waals surface area contributed by atoms with E-state index in [-0.39, 0.29) is 24.2 Å². The number of nitrogens with zero attached hydrogens (tertiary/aromatic N) is 2. The molecule has 0 aliphatic carbocycles. The zero-order valence-corrected chi connectivity index (χ0v) is 11.3. The number of amides is 1. The van der Waals surface area contributed by atoms with Gasteiger partial charge < -0.3 is 15.5 Å². The second-order valence-corrected chi connectivity index (χ2v) is 4.62. The Morgan fingerprint density at radius 3 is 2.44 bits per heavy atom. The number of carbonyl (C=O) groups is 1. The van der Waals surface area contributed by atoms with Crippen LogP contribution in [0.15, 0.2) is 0 Å². The van der Waals surface area contributed by atoms with Crippen LogP contribution in [0.3, 0.4) is 0 Å². The fourth-order valence-corrected chi connectivity index (χ4v) is 2.01. The van der Waals surface area contributed by atoms with Gasteiger partial charge in [-0.3, -0.25) is 4.79 Å². The number of carbonyl (C=O) groups excluding carboxylic acids is 1. The van der Waals surface area contributed by atoms with Crippen LogP contribution in [0.1, 0.15) is 19.8 Å². The standard InChI is InChI=1S/C11H23N3O.ClH/c1-9(8-12)11(15)14(3)10-4-6-13(2)7-5-10;/h9-10H,4-8,12H2,1-3H3;1H. The second-order valence-electron chi connectivity index (χ2n) is 4.62. The number of hydrogen-bond acceptors (Lipinski definition) is 3. The van der Waals surface area contributed by atoms with Gasteiger partial charge in [0.05, 0.1) is 0 Å². The SMILES string of the molecule is CC(CN)C(=O)N(C)C1CCN(C)CC1.Cl. The molecule has 0 bridgehead atoms. The monoisotopic (exact) mass is 249 g/mol. The molecule has 1 aliphatic rings. The molecular formula is C11H24ClN3O. The van der Waals surface area contributed by atoms with Crippen molar-refractivity contribution in [2.24, 2.45) is 11.7 Å². The molecule has 1 atom stereocenters. The fourth-order valence-electron chi connectivity index (χ4n) is 2.01. The minimum absolute atomic E-state index is 0. The van der Waals surface area contributed by atoms with Crippen molar-refractivity contribution in [1.29, 1.82) is 0 Å². The summed E-state index contributed by atoms with van der Waals surface area (Å²) in [6, 6.07) is 0.405. The molecule has 0 aromatic heterocycles. The third-order valence-corrected chi connectivity index (χ3v) is 3.36. The molecule has 1 aliphatic heterocycles. The van der Waals surface area contributed by atoms with E-state index in [1.807, 2.05) is 18.9 Å². The topological polar surface area (TPSA) is 49.6 Å². The van der Waals surface area contributed by atoms with Gasteiger partial charge >= 0.3 is 0 Å². The Balaban J connectivity index is 0.00000225. The van der Waals surface area contributed by atoms with E-state index in [1.165, 1.54) is 0 Å². The van der Waals surface area contributed by atoms with Crippen molar-refractivity contribution in [3.8, 4) is 0 Å². The predicted molar refractivity (Wildman–Crippen MR) is 68.8 cm³/mol. The van der Waals surface area contributed by atoms with Crippen molar-refractivity contribution in [2.75, 3.05) is 33.7 Å². The van der Waals surface area contributed by atoms with Crippen molar-refractivity contribution in [2.45, 2.75) is 25.8 Å². The van der Waals surface area contributed by atoms with Crippen molar-refractivity contribution < 1.29 is 4.79 Å². The van der Waals surface area contributed by atoms with Gasteiger partial charge in [-0.25, -0.2) is 0 Å². The van der Waals surface area contributed by atoms with Crippen molar-refractivity contribution in [3.05, 3.63) is 0 Å². The highest BCUT2D eigenvalue weighted by atomic mass is 35.5. The van der Waals surface area contributed by atoms with Crippen molar-refractivity contribution in [3.63, 3.8) is 0 Å². The van der Waals surface area contributed by atoms with Crippen molar-refractivity contribution >= 4 is 18.3 Å². The molecule has 0 aromatic carbocycles. The predicted octanol–water partition coefficient (Wildman–Crippen LogP) is 0.556. The average molecular weight is 250 g/mol. The van der Waals surface area contributed by atoms with Gasteiger partial charge in [0.2, 0.25) is 5.91 Å². The summed E-state index contributed by atoms with van der Waals surface area (Å²) in [5.41, 5.74) is 5.51. The molecule has 1 saturated heterocycles. The van der Waals surface area contributed by atoms with Crippen LogP contribution in [0.5, 0.6) is 0 Å². The minimum atomic E-state index is -0.0466. The summed E-state index contributed by atoms with van der Waals surface area (Å²) < 4.78 is 0. The molecule has 16 heavy (non-hydrogen) atoms. The fraction of sp³-hybridized carbons (Fsp3) is 0.909. The van der Waals surface area contributed by atoms with Crippen LogP contribution in [0.25, 0.3) is 0 Å². The Morgan fingerprint density at radius 1 is 1.50 bits per heavy atom. The zero-order valence-electron chi connectivity index (χ0n) is 10.5. The molecule has 1 heterocycles. The largest absolute Gasteiger partial charge is 0.342 e. The highest BCUT2D eigenvalue weighted by Crippen LogP contribution is 2.15. The average Bonchev–Trinajstić information content (AvgIpc) is 2.27. The maximum absolute atomic E-state index is 11.9. The van der Waals surface area contributed by atoms with Crippen LogP contribution in [-0.2, 0) is 4.79 Å². The van der Waals surface area contributed by atoms with Gasteiger partial charge in [-0.05, 0) is 33.0 Å². The smallest absolute Gasteiger partial charge is 0.226 e. The van der Waals surface area contributed by atoms with Gasteiger partial charge in [-0.15, -0.1) is 12.4 Å². The molecule has 1 unspecified atom stereocenters. The quantitative estimate of drug-likeness (QED) is 0.795. The molecule has 5 heteroatoms. The number of piperidine rings is 1. The maximum Gasteiger partial charge on any atom is 0.226 e. The third kappa shape index (κ3) is 3.92. The first-order valence-electron chi connectivity index (χ1n) is 5.71. The molecular weight excluding hydrogens is 226 g/mol. The van der Waals surface area contributed by atoms with Gasteiger partial charge in [-0.2, -0.15) is 0 Å². The molecule has 0 aromatic rings. The van der Waals surface area contributed by atoms with Crippen LogP contribution in [0, 0.1) is 5.92 Å². The summed E-state index contributed by atoms with van der Waals surface area (Å²) in [7, 11) is 4.03. The number of likely N-dealkylation sites (tertiary alicyclic amines) is 1. The van der Waals surface area contributed by atoms with Gasteiger partial charge in [-0.1, -0.05) is 6.92 Å². The van der Waals surface area contributed by atoms with Gasteiger partial charge in [0.15, 0.2) is 0 Å². The summed E-state index contributed by atoms with van der Waals surface area (Å²) in [5.74, 6) is 0.140. The maximum atomic E-state index is 11.9. The molecule has 1 fully saturated rings. The zero-order chi connectivity index (χ0) is 11.4. The van der Waals surface area contributed by atoms with E-state index in [0.717, 1.165) is 25.9 Å². The third-order valence-electron chi connectivity index (χ3n) is 3.36. The highest BCUT2D eigenvalue weighted by molar-refractivity contribution is 5.85. The number of nitrogens with two attached hydrogens (primary N) is 1. The molecule has 4 nitrogen and oxygen atoms in total. The lowest BCUT2D eigenvalue weighted by Crippen LogP contribution is -2.47. The molecule has 0 spiro atoms. The van der Waals surface area contributed by atoms with E-state index >= 15 is 0 Å². The second kappa shape index (κ2) is 7.09. The van der Waals surface area contributed by atoms with E-state index in [9.17, 15) is 4.79 Å². The lowest BCUT2D eigenvalue weighted by molar-refractivity contribution is -0.136. The lowest BCUT2D eigenvalue weighted by atomic mass is 10.0. The first-order chi connectivity index (χ1) is 7.06. The first-order valence-corrected chi connectivity index (χ1v) is 5.71. The Labute approximate surface area is 105 Å². The van der Waals surface area contributed by atoms with Crippen LogP contribution in [-0.4, -0.2) is 55.5 Å². The normalized spacial score (nSPS) is 20.0. The lowest BCUT2D eigenvalue weighted by Gasteiger charge is -2.36.